The lowest BCUT2D eigenvalue weighted by molar-refractivity contribution is -0.123. The molecule has 0 aromatic heterocycles. The van der Waals surface area contributed by atoms with Crippen LogP contribution in [-0.4, -0.2) is 24.5 Å². The molecule has 0 saturated carbocycles. The van der Waals surface area contributed by atoms with Crippen LogP contribution < -0.4 is 20.3 Å². The standard InChI is InChI=1S/C20H23ClN2O4/c1-4-14(3)27-17-7-5-6-15(11-17)20(25)23-22-19(24)12-26-18-9-8-16(21)10-13(18)2/h5-11,14H,4,12H2,1-3H3,(H,22,24)(H,23,25). The van der Waals surface area contributed by atoms with E-state index in [2.05, 4.69) is 10.9 Å². The fourth-order valence-electron chi connectivity index (χ4n) is 2.18. The molecule has 0 radical (unpaired) electrons. The van der Waals surface area contributed by atoms with E-state index in [1.807, 2.05) is 20.8 Å². The van der Waals surface area contributed by atoms with Crippen molar-refractivity contribution in [2.24, 2.45) is 0 Å². The minimum atomic E-state index is -0.482. The molecule has 7 heteroatoms. The summed E-state index contributed by atoms with van der Waals surface area (Å²) >= 11 is 5.88. The lowest BCUT2D eigenvalue weighted by Gasteiger charge is -2.13. The van der Waals surface area contributed by atoms with Crippen molar-refractivity contribution in [3.8, 4) is 11.5 Å². The first-order chi connectivity index (χ1) is 12.9. The molecule has 0 bridgehead atoms. The van der Waals surface area contributed by atoms with Gasteiger partial charge in [-0.2, -0.15) is 0 Å². The molecular formula is C20H23ClN2O4. The number of carbonyl (C=O) groups is 2. The quantitative estimate of drug-likeness (QED) is 0.707. The van der Waals surface area contributed by atoms with E-state index in [1.165, 1.54) is 0 Å². The summed E-state index contributed by atoms with van der Waals surface area (Å²) in [4.78, 5) is 24.1. The summed E-state index contributed by atoms with van der Waals surface area (Å²) in [5.74, 6) is 0.228. The SMILES string of the molecule is CCC(C)Oc1cccc(C(=O)NNC(=O)COc2ccc(Cl)cc2C)c1. The molecule has 0 aliphatic heterocycles. The number of rotatable bonds is 7. The number of halogens is 1. The molecular weight excluding hydrogens is 368 g/mol. The van der Waals surface area contributed by atoms with Crippen LogP contribution in [0.15, 0.2) is 42.5 Å². The minimum absolute atomic E-state index is 0.0523. The van der Waals surface area contributed by atoms with Gasteiger partial charge in [0, 0.05) is 10.6 Å². The number of carbonyl (C=O) groups excluding carboxylic acids is 2. The molecule has 2 aromatic carbocycles. The van der Waals surface area contributed by atoms with E-state index in [1.54, 1.807) is 42.5 Å². The second-order valence-corrected chi connectivity index (χ2v) is 6.50. The smallest absolute Gasteiger partial charge is 0.276 e. The molecule has 2 aromatic rings. The Hall–Kier alpha value is -2.73. The number of aryl methyl sites for hydroxylation is 1. The Morgan fingerprint density at radius 1 is 1.15 bits per heavy atom. The minimum Gasteiger partial charge on any atom is -0.491 e. The third-order valence-electron chi connectivity index (χ3n) is 3.82. The Morgan fingerprint density at radius 3 is 2.63 bits per heavy atom. The highest BCUT2D eigenvalue weighted by Gasteiger charge is 2.10. The second-order valence-electron chi connectivity index (χ2n) is 6.07. The number of amides is 2. The van der Waals surface area contributed by atoms with E-state index in [4.69, 9.17) is 21.1 Å². The van der Waals surface area contributed by atoms with Crippen LogP contribution in [0.25, 0.3) is 0 Å². The zero-order valence-electron chi connectivity index (χ0n) is 15.5. The zero-order valence-corrected chi connectivity index (χ0v) is 16.3. The molecule has 0 aliphatic carbocycles. The van der Waals surface area contributed by atoms with Gasteiger partial charge in [-0.05, 0) is 62.2 Å². The first-order valence-corrected chi connectivity index (χ1v) is 9.01. The first kappa shape index (κ1) is 20.6. The molecule has 2 amide bonds. The van der Waals surface area contributed by atoms with E-state index >= 15 is 0 Å². The van der Waals surface area contributed by atoms with Crippen molar-refractivity contribution in [1.82, 2.24) is 10.9 Å². The predicted molar refractivity (Wildman–Crippen MR) is 104 cm³/mol. The summed E-state index contributed by atoms with van der Waals surface area (Å²) in [6, 6.07) is 11.9. The van der Waals surface area contributed by atoms with Crippen molar-refractivity contribution < 1.29 is 19.1 Å². The lowest BCUT2D eigenvalue weighted by Crippen LogP contribution is -2.43. The van der Waals surface area contributed by atoms with Gasteiger partial charge in [0.2, 0.25) is 0 Å². The number of ether oxygens (including phenoxy) is 2. The average molecular weight is 391 g/mol. The Labute approximate surface area is 163 Å². The molecule has 144 valence electrons. The highest BCUT2D eigenvalue weighted by atomic mass is 35.5. The molecule has 0 aliphatic rings. The maximum absolute atomic E-state index is 12.2. The van der Waals surface area contributed by atoms with Gasteiger partial charge in [-0.1, -0.05) is 24.6 Å². The van der Waals surface area contributed by atoms with Crippen LogP contribution in [0.5, 0.6) is 11.5 Å². The maximum atomic E-state index is 12.2. The van der Waals surface area contributed by atoms with Gasteiger partial charge in [-0.15, -0.1) is 0 Å². The topological polar surface area (TPSA) is 76.7 Å². The van der Waals surface area contributed by atoms with Gasteiger partial charge in [0.25, 0.3) is 11.8 Å². The molecule has 2 N–H and O–H groups in total. The van der Waals surface area contributed by atoms with Gasteiger partial charge in [0.15, 0.2) is 6.61 Å². The van der Waals surface area contributed by atoms with E-state index in [0.29, 0.717) is 22.1 Å². The van der Waals surface area contributed by atoms with Crippen molar-refractivity contribution in [2.75, 3.05) is 6.61 Å². The van der Waals surface area contributed by atoms with Crippen molar-refractivity contribution in [3.63, 3.8) is 0 Å². The van der Waals surface area contributed by atoms with Crippen LogP contribution in [0.1, 0.15) is 36.2 Å². The highest BCUT2D eigenvalue weighted by Crippen LogP contribution is 2.21. The Morgan fingerprint density at radius 2 is 1.93 bits per heavy atom. The third-order valence-corrected chi connectivity index (χ3v) is 4.05. The highest BCUT2D eigenvalue weighted by molar-refractivity contribution is 6.30. The third kappa shape index (κ3) is 6.49. The molecule has 6 nitrogen and oxygen atoms in total. The van der Waals surface area contributed by atoms with Gasteiger partial charge >= 0.3 is 0 Å². The molecule has 1 atom stereocenters. The predicted octanol–water partition coefficient (Wildman–Crippen LogP) is 3.67. The van der Waals surface area contributed by atoms with Gasteiger partial charge < -0.3 is 9.47 Å². The molecule has 0 spiro atoms. The summed E-state index contributed by atoms with van der Waals surface area (Å²) in [6.45, 7) is 5.56. The van der Waals surface area contributed by atoms with E-state index in [9.17, 15) is 9.59 Å². The van der Waals surface area contributed by atoms with E-state index < -0.39 is 11.8 Å². The van der Waals surface area contributed by atoms with Gasteiger partial charge in [-0.3, -0.25) is 20.4 Å². The van der Waals surface area contributed by atoms with E-state index in [-0.39, 0.29) is 12.7 Å². The molecule has 0 heterocycles. The summed E-state index contributed by atoms with van der Waals surface area (Å²) < 4.78 is 11.1. The van der Waals surface area contributed by atoms with Crippen LogP contribution in [0.3, 0.4) is 0 Å². The van der Waals surface area contributed by atoms with Crippen molar-refractivity contribution in [2.45, 2.75) is 33.3 Å². The fraction of sp³-hybridized carbons (Fsp3) is 0.300. The van der Waals surface area contributed by atoms with Gasteiger partial charge in [0.05, 0.1) is 6.10 Å². The van der Waals surface area contributed by atoms with Gasteiger partial charge in [-0.25, -0.2) is 0 Å². The largest absolute Gasteiger partial charge is 0.491 e. The average Bonchev–Trinajstić information content (AvgIpc) is 2.65. The molecule has 2 rings (SSSR count). The lowest BCUT2D eigenvalue weighted by atomic mass is 10.2. The van der Waals surface area contributed by atoms with Crippen LogP contribution >= 0.6 is 11.6 Å². The van der Waals surface area contributed by atoms with Crippen molar-refractivity contribution >= 4 is 23.4 Å². The molecule has 0 fully saturated rings. The molecule has 0 saturated heterocycles. The number of hydrazine groups is 1. The summed E-state index contributed by atoms with van der Waals surface area (Å²) in [5, 5.41) is 0.594. The van der Waals surface area contributed by atoms with Crippen LogP contribution in [0.4, 0.5) is 0 Å². The number of nitrogens with one attached hydrogen (secondary N) is 2. The van der Waals surface area contributed by atoms with Crippen molar-refractivity contribution in [1.29, 1.82) is 0 Å². The summed E-state index contributed by atoms with van der Waals surface area (Å²) in [6.07, 6.45) is 0.913. The number of benzene rings is 2. The normalized spacial score (nSPS) is 11.4. The van der Waals surface area contributed by atoms with Gasteiger partial charge in [0.1, 0.15) is 11.5 Å². The Kier molecular flexibility index (Phi) is 7.49. The van der Waals surface area contributed by atoms with Crippen LogP contribution in [-0.2, 0) is 4.79 Å². The molecule has 27 heavy (non-hydrogen) atoms. The number of hydrogen-bond donors (Lipinski definition) is 2. The monoisotopic (exact) mass is 390 g/mol. The second kappa shape index (κ2) is 9.83. The summed E-state index contributed by atoms with van der Waals surface area (Å²) in [5.41, 5.74) is 5.88. The Balaban J connectivity index is 1.84. The number of hydrogen-bond acceptors (Lipinski definition) is 4. The first-order valence-electron chi connectivity index (χ1n) is 8.64. The van der Waals surface area contributed by atoms with Crippen LogP contribution in [0.2, 0.25) is 5.02 Å². The molecule has 1 unspecified atom stereocenters. The van der Waals surface area contributed by atoms with Crippen molar-refractivity contribution in [3.05, 3.63) is 58.6 Å². The maximum Gasteiger partial charge on any atom is 0.276 e. The van der Waals surface area contributed by atoms with Crippen LogP contribution in [0, 0.1) is 6.92 Å². The fourth-order valence-corrected chi connectivity index (χ4v) is 2.41. The summed E-state index contributed by atoms with van der Waals surface area (Å²) in [7, 11) is 0. The van der Waals surface area contributed by atoms with E-state index in [0.717, 1.165) is 12.0 Å². The Bertz CT molecular complexity index is 810. The zero-order chi connectivity index (χ0) is 19.8.